The Bertz CT molecular complexity index is 671. The molecule has 1 aliphatic carbocycles. The lowest BCUT2D eigenvalue weighted by molar-refractivity contribution is -0.129. The maximum Gasteiger partial charge on any atom is 0.265 e. The number of para-hydroxylation sites is 2. The first-order chi connectivity index (χ1) is 12.6. The SMILES string of the molecule is O=C(CCC1CCCCC1)NNC(=O)CN1C(=O)COc2ccccc21. The Kier molecular flexibility index (Phi) is 6.09. The summed E-state index contributed by atoms with van der Waals surface area (Å²) >= 11 is 0. The average molecular weight is 359 g/mol. The van der Waals surface area contributed by atoms with Crippen LogP contribution in [0.25, 0.3) is 0 Å². The molecule has 7 nitrogen and oxygen atoms in total. The number of anilines is 1. The summed E-state index contributed by atoms with van der Waals surface area (Å²) in [5.41, 5.74) is 5.40. The van der Waals surface area contributed by atoms with Crippen LogP contribution in [-0.2, 0) is 14.4 Å². The molecule has 1 aromatic rings. The van der Waals surface area contributed by atoms with E-state index in [0.29, 0.717) is 23.8 Å². The molecule has 1 aliphatic heterocycles. The quantitative estimate of drug-likeness (QED) is 0.786. The average Bonchev–Trinajstić information content (AvgIpc) is 2.68. The van der Waals surface area contributed by atoms with Crippen molar-refractivity contribution in [3.63, 3.8) is 0 Å². The van der Waals surface area contributed by atoms with Crippen molar-refractivity contribution < 1.29 is 19.1 Å². The highest BCUT2D eigenvalue weighted by Gasteiger charge is 2.27. The smallest absolute Gasteiger partial charge is 0.265 e. The highest BCUT2D eigenvalue weighted by molar-refractivity contribution is 6.02. The molecular formula is C19H25N3O4. The third-order valence-electron chi connectivity index (χ3n) is 4.96. The molecule has 1 fully saturated rings. The Labute approximate surface area is 153 Å². The van der Waals surface area contributed by atoms with Gasteiger partial charge in [-0.05, 0) is 24.5 Å². The Morgan fingerprint density at radius 1 is 1.08 bits per heavy atom. The van der Waals surface area contributed by atoms with Crippen LogP contribution < -0.4 is 20.5 Å². The number of ether oxygens (including phenoxy) is 1. The van der Waals surface area contributed by atoms with E-state index in [-0.39, 0.29) is 25.0 Å². The molecule has 2 N–H and O–H groups in total. The zero-order valence-electron chi connectivity index (χ0n) is 14.8. The Morgan fingerprint density at radius 3 is 2.62 bits per heavy atom. The van der Waals surface area contributed by atoms with E-state index < -0.39 is 5.91 Å². The Balaban J connectivity index is 1.44. The van der Waals surface area contributed by atoms with Gasteiger partial charge in [0, 0.05) is 6.42 Å². The summed E-state index contributed by atoms with van der Waals surface area (Å²) in [5, 5.41) is 0. The van der Waals surface area contributed by atoms with Crippen molar-refractivity contribution in [1.82, 2.24) is 10.9 Å². The van der Waals surface area contributed by atoms with Gasteiger partial charge < -0.3 is 4.74 Å². The third-order valence-corrected chi connectivity index (χ3v) is 4.96. The zero-order chi connectivity index (χ0) is 18.4. The van der Waals surface area contributed by atoms with E-state index in [4.69, 9.17) is 4.74 Å². The van der Waals surface area contributed by atoms with Gasteiger partial charge in [-0.15, -0.1) is 0 Å². The van der Waals surface area contributed by atoms with Gasteiger partial charge in [-0.2, -0.15) is 0 Å². The minimum atomic E-state index is -0.443. The van der Waals surface area contributed by atoms with Crippen LogP contribution in [0.5, 0.6) is 5.75 Å². The lowest BCUT2D eigenvalue weighted by Crippen LogP contribution is -2.49. The number of amides is 3. The van der Waals surface area contributed by atoms with Gasteiger partial charge in [0.25, 0.3) is 11.8 Å². The number of hydrogen-bond acceptors (Lipinski definition) is 4. The van der Waals surface area contributed by atoms with Crippen molar-refractivity contribution in [2.75, 3.05) is 18.1 Å². The van der Waals surface area contributed by atoms with Crippen molar-refractivity contribution in [3.8, 4) is 5.75 Å². The topological polar surface area (TPSA) is 87.7 Å². The van der Waals surface area contributed by atoms with Crippen molar-refractivity contribution in [3.05, 3.63) is 24.3 Å². The maximum atomic E-state index is 12.1. The van der Waals surface area contributed by atoms with Crippen LogP contribution in [0.3, 0.4) is 0 Å². The Hall–Kier alpha value is -2.57. The molecule has 1 heterocycles. The number of nitrogens with zero attached hydrogens (tertiary/aromatic N) is 1. The van der Waals surface area contributed by atoms with Gasteiger partial charge >= 0.3 is 0 Å². The molecule has 3 rings (SSSR count). The van der Waals surface area contributed by atoms with Crippen molar-refractivity contribution in [2.45, 2.75) is 44.9 Å². The monoisotopic (exact) mass is 359 g/mol. The zero-order valence-corrected chi connectivity index (χ0v) is 14.8. The van der Waals surface area contributed by atoms with Crippen LogP contribution in [0.1, 0.15) is 44.9 Å². The number of carbonyl (C=O) groups is 3. The minimum Gasteiger partial charge on any atom is -0.482 e. The van der Waals surface area contributed by atoms with Crippen molar-refractivity contribution in [1.29, 1.82) is 0 Å². The fraction of sp³-hybridized carbons (Fsp3) is 0.526. The second kappa shape index (κ2) is 8.69. The third kappa shape index (κ3) is 4.74. The summed E-state index contributed by atoms with van der Waals surface area (Å²) < 4.78 is 5.34. The standard InChI is InChI=1S/C19H25N3O4/c23-17(11-10-14-6-2-1-3-7-14)20-21-18(24)12-22-15-8-4-5-9-16(15)26-13-19(22)25/h4-5,8-9,14H,1-3,6-7,10-13H2,(H,20,23)(H,21,24). The van der Waals surface area contributed by atoms with Gasteiger partial charge in [-0.3, -0.25) is 30.1 Å². The van der Waals surface area contributed by atoms with Gasteiger partial charge in [0.05, 0.1) is 5.69 Å². The molecule has 0 spiro atoms. The predicted molar refractivity (Wildman–Crippen MR) is 96.4 cm³/mol. The second-order valence-corrected chi connectivity index (χ2v) is 6.88. The maximum absolute atomic E-state index is 12.1. The summed E-state index contributed by atoms with van der Waals surface area (Å²) in [6.07, 6.45) is 7.44. The number of carbonyl (C=O) groups excluding carboxylic acids is 3. The first-order valence-corrected chi connectivity index (χ1v) is 9.23. The largest absolute Gasteiger partial charge is 0.482 e. The molecular weight excluding hydrogens is 334 g/mol. The highest BCUT2D eigenvalue weighted by Crippen LogP contribution is 2.31. The second-order valence-electron chi connectivity index (χ2n) is 6.88. The molecule has 0 aromatic heterocycles. The summed E-state index contributed by atoms with van der Waals surface area (Å²) in [4.78, 5) is 37.4. The van der Waals surface area contributed by atoms with Crippen molar-refractivity contribution in [2.24, 2.45) is 5.92 Å². The normalized spacial score (nSPS) is 17.2. The Morgan fingerprint density at radius 2 is 1.81 bits per heavy atom. The van der Waals surface area contributed by atoms with Crippen molar-refractivity contribution >= 4 is 23.4 Å². The molecule has 140 valence electrons. The van der Waals surface area contributed by atoms with Crippen LogP contribution in [0.2, 0.25) is 0 Å². The van der Waals surface area contributed by atoms with E-state index in [2.05, 4.69) is 10.9 Å². The molecule has 26 heavy (non-hydrogen) atoms. The van der Waals surface area contributed by atoms with E-state index in [1.165, 1.54) is 37.0 Å². The fourth-order valence-electron chi connectivity index (χ4n) is 3.52. The number of nitrogens with one attached hydrogen (secondary N) is 2. The molecule has 0 unspecified atom stereocenters. The van der Waals surface area contributed by atoms with Crippen LogP contribution in [-0.4, -0.2) is 30.9 Å². The van der Waals surface area contributed by atoms with Crippen LogP contribution in [0.4, 0.5) is 5.69 Å². The highest BCUT2D eigenvalue weighted by atomic mass is 16.5. The molecule has 1 aromatic carbocycles. The van der Waals surface area contributed by atoms with E-state index >= 15 is 0 Å². The minimum absolute atomic E-state index is 0.0992. The lowest BCUT2D eigenvalue weighted by Gasteiger charge is -2.28. The summed E-state index contributed by atoms with van der Waals surface area (Å²) in [7, 11) is 0. The first kappa shape index (κ1) is 18.2. The van der Waals surface area contributed by atoms with Gasteiger partial charge in [0.2, 0.25) is 5.91 Å². The number of benzene rings is 1. The van der Waals surface area contributed by atoms with Gasteiger partial charge in [-0.25, -0.2) is 0 Å². The van der Waals surface area contributed by atoms with E-state index in [1.54, 1.807) is 24.3 Å². The molecule has 7 heteroatoms. The summed E-state index contributed by atoms with van der Waals surface area (Å²) in [6.45, 7) is -0.264. The summed E-state index contributed by atoms with van der Waals surface area (Å²) in [6, 6.07) is 7.06. The van der Waals surface area contributed by atoms with E-state index in [9.17, 15) is 14.4 Å². The fourth-order valence-corrected chi connectivity index (χ4v) is 3.52. The summed E-state index contributed by atoms with van der Waals surface area (Å²) in [5.74, 6) is 0.255. The first-order valence-electron chi connectivity index (χ1n) is 9.23. The number of hydrogen-bond donors (Lipinski definition) is 2. The van der Waals surface area contributed by atoms with E-state index in [1.807, 2.05) is 0 Å². The number of fused-ring (bicyclic) bond motifs is 1. The van der Waals surface area contributed by atoms with Gasteiger partial charge in [0.1, 0.15) is 12.3 Å². The molecule has 0 radical (unpaired) electrons. The van der Waals surface area contributed by atoms with Crippen LogP contribution in [0, 0.1) is 5.92 Å². The molecule has 0 bridgehead atoms. The number of hydrazine groups is 1. The number of rotatable bonds is 5. The van der Waals surface area contributed by atoms with Gasteiger partial charge in [0.15, 0.2) is 6.61 Å². The van der Waals surface area contributed by atoms with Crippen LogP contribution >= 0.6 is 0 Å². The molecule has 3 amide bonds. The van der Waals surface area contributed by atoms with E-state index in [0.717, 1.165) is 6.42 Å². The van der Waals surface area contributed by atoms with Gasteiger partial charge in [-0.1, -0.05) is 44.2 Å². The molecule has 1 saturated carbocycles. The van der Waals surface area contributed by atoms with Crippen LogP contribution in [0.15, 0.2) is 24.3 Å². The molecule has 2 aliphatic rings. The molecule has 0 atom stereocenters. The molecule has 0 saturated heterocycles. The lowest BCUT2D eigenvalue weighted by atomic mass is 9.86. The predicted octanol–water partition coefficient (Wildman–Crippen LogP) is 1.92.